The quantitative estimate of drug-likeness (QED) is 0.726. The second-order valence-electron chi connectivity index (χ2n) is 6.00. The first kappa shape index (κ1) is 16.7. The van der Waals surface area contributed by atoms with Crippen LogP contribution in [0.4, 0.5) is 0 Å². The topological polar surface area (TPSA) is 20.3 Å². The third-order valence-electron chi connectivity index (χ3n) is 4.19. The van der Waals surface area contributed by atoms with E-state index in [1.807, 2.05) is 17.0 Å². The molecule has 20 heavy (non-hydrogen) atoms. The summed E-state index contributed by atoms with van der Waals surface area (Å²) in [5.41, 5.74) is 2.08. The van der Waals surface area contributed by atoms with Crippen molar-refractivity contribution in [2.45, 2.75) is 72.4 Å². The number of hydrogen-bond donors (Lipinski definition) is 0. The molecular weight excluding hydrogens is 246 g/mol. The Balaban J connectivity index is 2.99. The van der Waals surface area contributed by atoms with Crippen LogP contribution in [0, 0.1) is 0 Å². The summed E-state index contributed by atoms with van der Waals surface area (Å²) in [4.78, 5) is 14.8. The lowest BCUT2D eigenvalue weighted by Crippen LogP contribution is -2.44. The van der Waals surface area contributed by atoms with E-state index in [0.29, 0.717) is 5.92 Å². The first-order chi connectivity index (χ1) is 9.42. The van der Waals surface area contributed by atoms with Crippen LogP contribution in [0.25, 0.3) is 0 Å². The molecule has 2 unspecified atom stereocenters. The first-order valence-corrected chi connectivity index (χ1v) is 7.84. The number of carbonyl (C=O) groups excluding carboxylic acids is 1. The second kappa shape index (κ2) is 7.47. The Morgan fingerprint density at radius 3 is 1.75 bits per heavy atom. The summed E-state index contributed by atoms with van der Waals surface area (Å²) in [6, 6.07) is 8.64. The lowest BCUT2D eigenvalue weighted by Gasteiger charge is -2.34. The zero-order valence-electron chi connectivity index (χ0n) is 13.8. The molecule has 0 aliphatic carbocycles. The minimum absolute atomic E-state index is 0.156. The predicted octanol–water partition coefficient (Wildman–Crippen LogP) is 4.85. The van der Waals surface area contributed by atoms with Crippen LogP contribution in [0.5, 0.6) is 0 Å². The van der Waals surface area contributed by atoms with Gasteiger partial charge in [-0.25, -0.2) is 0 Å². The van der Waals surface area contributed by atoms with Gasteiger partial charge in [-0.05, 0) is 50.3 Å². The molecule has 1 aromatic carbocycles. The number of benzene rings is 1. The highest BCUT2D eigenvalue weighted by molar-refractivity contribution is 5.94. The minimum Gasteiger partial charge on any atom is -0.333 e. The van der Waals surface area contributed by atoms with Crippen LogP contribution >= 0.6 is 0 Å². The number of rotatable bonds is 6. The molecule has 2 heteroatoms. The summed E-state index contributed by atoms with van der Waals surface area (Å²) in [7, 11) is 0. The van der Waals surface area contributed by atoms with Gasteiger partial charge >= 0.3 is 0 Å². The standard InChI is InChI=1S/C18H29NO/c1-7-14(5)19(15(6)8-2)18(20)17-11-9-16(10-12-17)13(3)4/h9-15H,7-8H2,1-6H3. The van der Waals surface area contributed by atoms with Gasteiger partial charge in [0, 0.05) is 17.6 Å². The van der Waals surface area contributed by atoms with Crippen LogP contribution in [0.15, 0.2) is 24.3 Å². The Bertz CT molecular complexity index is 412. The van der Waals surface area contributed by atoms with Gasteiger partial charge in [0.15, 0.2) is 0 Å². The van der Waals surface area contributed by atoms with Crippen LogP contribution in [-0.4, -0.2) is 22.9 Å². The molecule has 0 aromatic heterocycles. The molecule has 0 N–H and O–H groups in total. The number of amides is 1. The van der Waals surface area contributed by atoms with Crippen molar-refractivity contribution in [3.05, 3.63) is 35.4 Å². The summed E-state index contributed by atoms with van der Waals surface area (Å²) in [6.07, 6.45) is 1.97. The molecule has 0 saturated carbocycles. The van der Waals surface area contributed by atoms with E-state index in [2.05, 4.69) is 53.7 Å². The first-order valence-electron chi connectivity index (χ1n) is 7.84. The highest BCUT2D eigenvalue weighted by Crippen LogP contribution is 2.19. The summed E-state index contributed by atoms with van der Waals surface area (Å²) in [5, 5.41) is 0. The van der Waals surface area contributed by atoms with E-state index < -0.39 is 0 Å². The van der Waals surface area contributed by atoms with E-state index >= 15 is 0 Å². The number of carbonyl (C=O) groups is 1. The van der Waals surface area contributed by atoms with Crippen LogP contribution in [-0.2, 0) is 0 Å². The van der Waals surface area contributed by atoms with Crippen molar-refractivity contribution < 1.29 is 4.79 Å². The fourth-order valence-corrected chi connectivity index (χ4v) is 2.39. The van der Waals surface area contributed by atoms with Gasteiger partial charge in [-0.15, -0.1) is 0 Å². The maximum absolute atomic E-state index is 12.8. The molecule has 0 saturated heterocycles. The lowest BCUT2D eigenvalue weighted by atomic mass is 10.0. The van der Waals surface area contributed by atoms with E-state index in [1.165, 1.54) is 5.56 Å². The molecule has 112 valence electrons. The van der Waals surface area contributed by atoms with Gasteiger partial charge in [0.25, 0.3) is 5.91 Å². The maximum atomic E-state index is 12.8. The third kappa shape index (κ3) is 3.84. The van der Waals surface area contributed by atoms with Crippen molar-refractivity contribution in [3.8, 4) is 0 Å². The number of hydrogen-bond acceptors (Lipinski definition) is 1. The zero-order chi connectivity index (χ0) is 15.3. The molecule has 0 bridgehead atoms. The van der Waals surface area contributed by atoms with Crippen molar-refractivity contribution in [1.29, 1.82) is 0 Å². The van der Waals surface area contributed by atoms with E-state index in [1.54, 1.807) is 0 Å². The highest BCUT2D eigenvalue weighted by atomic mass is 16.2. The number of nitrogens with zero attached hydrogens (tertiary/aromatic N) is 1. The minimum atomic E-state index is 0.156. The Hall–Kier alpha value is -1.31. The highest BCUT2D eigenvalue weighted by Gasteiger charge is 2.24. The van der Waals surface area contributed by atoms with E-state index in [0.717, 1.165) is 18.4 Å². The Kier molecular flexibility index (Phi) is 6.25. The van der Waals surface area contributed by atoms with Crippen LogP contribution in [0.1, 0.15) is 76.2 Å². The van der Waals surface area contributed by atoms with Crippen LogP contribution in [0.3, 0.4) is 0 Å². The molecule has 2 atom stereocenters. The molecule has 0 heterocycles. The smallest absolute Gasteiger partial charge is 0.254 e. The van der Waals surface area contributed by atoms with E-state index in [4.69, 9.17) is 0 Å². The monoisotopic (exact) mass is 275 g/mol. The SMILES string of the molecule is CCC(C)N(C(=O)c1ccc(C(C)C)cc1)C(C)CC. The van der Waals surface area contributed by atoms with E-state index in [9.17, 15) is 4.79 Å². The fraction of sp³-hybridized carbons (Fsp3) is 0.611. The second-order valence-corrected chi connectivity index (χ2v) is 6.00. The Morgan fingerprint density at radius 2 is 1.40 bits per heavy atom. The molecule has 2 nitrogen and oxygen atoms in total. The van der Waals surface area contributed by atoms with Gasteiger partial charge in [0.05, 0.1) is 0 Å². The average molecular weight is 275 g/mol. The van der Waals surface area contributed by atoms with Gasteiger partial charge in [0.2, 0.25) is 0 Å². The Morgan fingerprint density at radius 1 is 0.950 bits per heavy atom. The summed E-state index contributed by atoms with van der Waals surface area (Å²) in [6.45, 7) is 12.9. The maximum Gasteiger partial charge on any atom is 0.254 e. The van der Waals surface area contributed by atoms with Crippen molar-refractivity contribution in [3.63, 3.8) is 0 Å². The molecule has 0 radical (unpaired) electrons. The van der Waals surface area contributed by atoms with Gasteiger partial charge < -0.3 is 4.90 Å². The van der Waals surface area contributed by atoms with Crippen LogP contribution < -0.4 is 0 Å². The van der Waals surface area contributed by atoms with Gasteiger partial charge in [-0.1, -0.05) is 39.8 Å². The molecule has 0 aliphatic heterocycles. The molecule has 1 rings (SSSR count). The van der Waals surface area contributed by atoms with Crippen molar-refractivity contribution >= 4 is 5.91 Å². The lowest BCUT2D eigenvalue weighted by molar-refractivity contribution is 0.0598. The summed E-state index contributed by atoms with van der Waals surface area (Å²) >= 11 is 0. The Labute approximate surface area is 124 Å². The summed E-state index contributed by atoms with van der Waals surface area (Å²) < 4.78 is 0. The molecule has 0 spiro atoms. The largest absolute Gasteiger partial charge is 0.333 e. The average Bonchev–Trinajstić information content (AvgIpc) is 2.46. The van der Waals surface area contributed by atoms with Gasteiger partial charge in [-0.3, -0.25) is 4.79 Å². The summed E-state index contributed by atoms with van der Waals surface area (Å²) in [5.74, 6) is 0.656. The van der Waals surface area contributed by atoms with E-state index in [-0.39, 0.29) is 18.0 Å². The normalized spacial score (nSPS) is 14.2. The zero-order valence-corrected chi connectivity index (χ0v) is 13.8. The van der Waals surface area contributed by atoms with Crippen molar-refractivity contribution in [2.75, 3.05) is 0 Å². The van der Waals surface area contributed by atoms with Crippen molar-refractivity contribution in [2.24, 2.45) is 0 Å². The molecular formula is C18H29NO. The molecule has 1 aromatic rings. The predicted molar refractivity (Wildman–Crippen MR) is 86.2 cm³/mol. The van der Waals surface area contributed by atoms with Crippen molar-refractivity contribution in [1.82, 2.24) is 4.90 Å². The van der Waals surface area contributed by atoms with Crippen LogP contribution in [0.2, 0.25) is 0 Å². The fourth-order valence-electron chi connectivity index (χ4n) is 2.39. The third-order valence-corrected chi connectivity index (χ3v) is 4.19. The molecule has 0 fully saturated rings. The van der Waals surface area contributed by atoms with Gasteiger partial charge in [0.1, 0.15) is 0 Å². The molecule has 0 aliphatic rings. The van der Waals surface area contributed by atoms with Gasteiger partial charge in [-0.2, -0.15) is 0 Å². The molecule has 1 amide bonds.